The van der Waals surface area contributed by atoms with E-state index in [1.54, 1.807) is 12.4 Å². The summed E-state index contributed by atoms with van der Waals surface area (Å²) in [5.74, 6) is 1.77. The molecule has 1 atom stereocenters. The zero-order valence-corrected chi connectivity index (χ0v) is 17.1. The smallest absolute Gasteiger partial charge is 0.263 e. The molecule has 1 N–H and O–H groups in total. The number of hydrogen-bond acceptors (Lipinski definition) is 5. The van der Waals surface area contributed by atoms with Crippen LogP contribution in [-0.4, -0.2) is 29.0 Å². The molecule has 1 aliphatic heterocycles. The Bertz CT molecular complexity index is 993. The van der Waals surface area contributed by atoms with Crippen LogP contribution in [-0.2, 0) is 11.2 Å². The molecule has 0 radical (unpaired) electrons. The molecule has 1 aromatic heterocycles. The number of carbonyl (C=O) groups excluding carboxylic acids is 1. The average molecular weight is 402 g/mol. The molecule has 1 amide bonds. The van der Waals surface area contributed by atoms with Crippen LogP contribution in [0.15, 0.2) is 67.0 Å². The number of aromatic nitrogens is 2. The highest BCUT2D eigenvalue weighted by Crippen LogP contribution is 2.31. The maximum Gasteiger partial charge on any atom is 0.263 e. The molecule has 3 aromatic rings. The molecule has 6 nitrogen and oxygen atoms in total. The maximum atomic E-state index is 12.9. The predicted molar refractivity (Wildman–Crippen MR) is 118 cm³/mol. The summed E-state index contributed by atoms with van der Waals surface area (Å²) in [4.78, 5) is 23.9. The Morgan fingerprint density at radius 1 is 1.13 bits per heavy atom. The maximum absolute atomic E-state index is 12.9. The lowest BCUT2D eigenvalue weighted by Crippen LogP contribution is -2.41. The number of anilines is 2. The number of nitrogens with zero attached hydrogens (tertiary/aromatic N) is 3. The first-order valence-corrected chi connectivity index (χ1v) is 10.4. The Kier molecular flexibility index (Phi) is 6.23. The molecule has 1 unspecified atom stereocenters. The van der Waals surface area contributed by atoms with E-state index < -0.39 is 0 Å². The number of benzene rings is 2. The lowest BCUT2D eigenvalue weighted by atomic mass is 9.97. The quantitative estimate of drug-likeness (QED) is 0.648. The van der Waals surface area contributed by atoms with Gasteiger partial charge in [0.25, 0.3) is 5.88 Å². The van der Waals surface area contributed by atoms with E-state index >= 15 is 0 Å². The molecule has 2 aromatic carbocycles. The van der Waals surface area contributed by atoms with Gasteiger partial charge in [-0.2, -0.15) is 0 Å². The zero-order valence-electron chi connectivity index (χ0n) is 17.1. The highest BCUT2D eigenvalue weighted by molar-refractivity contribution is 5.93. The molecule has 4 rings (SSSR count). The molecule has 2 heterocycles. The lowest BCUT2D eigenvalue weighted by molar-refractivity contribution is -0.120. The minimum absolute atomic E-state index is 0.0439. The van der Waals surface area contributed by atoms with Gasteiger partial charge in [-0.25, -0.2) is 9.97 Å². The topological polar surface area (TPSA) is 67.4 Å². The third kappa shape index (κ3) is 4.76. The molecular weight excluding hydrogens is 376 g/mol. The van der Waals surface area contributed by atoms with Crippen molar-refractivity contribution in [2.75, 3.05) is 23.3 Å². The summed E-state index contributed by atoms with van der Waals surface area (Å²) in [5, 5.41) is 3.08. The Balaban J connectivity index is 1.47. The molecule has 30 heavy (non-hydrogen) atoms. The van der Waals surface area contributed by atoms with Gasteiger partial charge in [0.2, 0.25) is 5.91 Å². The van der Waals surface area contributed by atoms with Gasteiger partial charge in [-0.05, 0) is 49.1 Å². The van der Waals surface area contributed by atoms with Gasteiger partial charge >= 0.3 is 0 Å². The summed E-state index contributed by atoms with van der Waals surface area (Å²) in [5.41, 5.74) is 2.06. The highest BCUT2D eigenvalue weighted by Gasteiger charge is 2.28. The fourth-order valence-corrected chi connectivity index (χ4v) is 3.70. The largest absolute Gasteiger partial charge is 0.436 e. The summed E-state index contributed by atoms with van der Waals surface area (Å²) in [7, 11) is 0. The number of aryl methyl sites for hydroxylation is 1. The summed E-state index contributed by atoms with van der Waals surface area (Å²) in [6.45, 7) is 3.51. The fraction of sp³-hybridized carbons (Fsp3) is 0.292. The van der Waals surface area contributed by atoms with Crippen LogP contribution in [0.1, 0.15) is 25.3 Å². The molecule has 0 spiro atoms. The third-order valence-corrected chi connectivity index (χ3v) is 5.30. The van der Waals surface area contributed by atoms with Crippen molar-refractivity contribution in [3.05, 3.63) is 72.6 Å². The number of rotatable bonds is 6. The molecule has 1 saturated heterocycles. The van der Waals surface area contributed by atoms with Gasteiger partial charge in [-0.15, -0.1) is 0 Å². The van der Waals surface area contributed by atoms with Crippen LogP contribution in [0.4, 0.5) is 11.5 Å². The van der Waals surface area contributed by atoms with E-state index in [-0.39, 0.29) is 11.8 Å². The number of piperidine rings is 1. The fourth-order valence-electron chi connectivity index (χ4n) is 3.70. The Labute approximate surface area is 176 Å². The standard InChI is InChI=1S/C24H26N4O2/c1-2-18-8-6-10-20(16-18)27-23(29)19-9-7-15-28(17-19)22-24(26-14-13-25-22)30-21-11-4-3-5-12-21/h3-6,8,10-14,16,19H,2,7,9,15,17H2,1H3,(H,27,29). The number of para-hydroxylation sites is 1. The van der Waals surface area contributed by atoms with Gasteiger partial charge in [0.05, 0.1) is 5.92 Å². The van der Waals surface area contributed by atoms with Crippen LogP contribution < -0.4 is 15.0 Å². The predicted octanol–water partition coefficient (Wildman–Crippen LogP) is 4.69. The van der Waals surface area contributed by atoms with Crippen molar-refractivity contribution in [3.63, 3.8) is 0 Å². The van der Waals surface area contributed by atoms with E-state index in [2.05, 4.69) is 33.2 Å². The second kappa shape index (κ2) is 9.39. The van der Waals surface area contributed by atoms with Crippen molar-refractivity contribution < 1.29 is 9.53 Å². The second-order valence-corrected chi connectivity index (χ2v) is 7.43. The molecule has 1 fully saturated rings. The lowest BCUT2D eigenvalue weighted by Gasteiger charge is -2.33. The van der Waals surface area contributed by atoms with Crippen LogP contribution in [0.2, 0.25) is 0 Å². The highest BCUT2D eigenvalue weighted by atomic mass is 16.5. The number of hydrogen-bond donors (Lipinski definition) is 1. The van der Waals surface area contributed by atoms with Crippen molar-refractivity contribution in [2.24, 2.45) is 5.92 Å². The monoisotopic (exact) mass is 402 g/mol. The summed E-state index contributed by atoms with van der Waals surface area (Å²) >= 11 is 0. The van der Waals surface area contributed by atoms with Crippen molar-refractivity contribution in [1.29, 1.82) is 0 Å². The van der Waals surface area contributed by atoms with Gasteiger partial charge < -0.3 is 15.0 Å². The van der Waals surface area contributed by atoms with E-state index in [1.807, 2.05) is 48.5 Å². The van der Waals surface area contributed by atoms with Gasteiger partial charge in [-0.1, -0.05) is 37.3 Å². The third-order valence-electron chi connectivity index (χ3n) is 5.30. The van der Waals surface area contributed by atoms with Crippen LogP contribution in [0.3, 0.4) is 0 Å². The van der Waals surface area contributed by atoms with E-state index in [4.69, 9.17) is 4.74 Å². The Morgan fingerprint density at radius 2 is 1.97 bits per heavy atom. The number of nitrogens with one attached hydrogen (secondary N) is 1. The van der Waals surface area contributed by atoms with Crippen molar-refractivity contribution >= 4 is 17.4 Å². The van der Waals surface area contributed by atoms with Crippen LogP contribution in [0.5, 0.6) is 11.6 Å². The normalized spacial score (nSPS) is 16.2. The van der Waals surface area contributed by atoms with Crippen LogP contribution in [0.25, 0.3) is 0 Å². The molecule has 0 bridgehead atoms. The van der Waals surface area contributed by atoms with Crippen molar-refractivity contribution in [2.45, 2.75) is 26.2 Å². The Morgan fingerprint density at radius 3 is 2.80 bits per heavy atom. The second-order valence-electron chi connectivity index (χ2n) is 7.43. The molecule has 1 aliphatic rings. The van der Waals surface area contributed by atoms with Crippen molar-refractivity contribution in [1.82, 2.24) is 9.97 Å². The van der Waals surface area contributed by atoms with E-state index in [0.717, 1.165) is 31.5 Å². The molecule has 6 heteroatoms. The van der Waals surface area contributed by atoms with E-state index in [9.17, 15) is 4.79 Å². The molecule has 0 aliphatic carbocycles. The molecular formula is C24H26N4O2. The van der Waals surface area contributed by atoms with Gasteiger partial charge in [0, 0.05) is 31.2 Å². The SMILES string of the molecule is CCc1cccc(NC(=O)C2CCCN(c3nccnc3Oc3ccccc3)C2)c1. The first-order valence-electron chi connectivity index (χ1n) is 10.4. The minimum atomic E-state index is -0.115. The molecule has 154 valence electrons. The number of amides is 1. The van der Waals surface area contributed by atoms with Crippen LogP contribution >= 0.6 is 0 Å². The van der Waals surface area contributed by atoms with E-state index in [1.165, 1.54) is 5.56 Å². The number of carbonyl (C=O) groups is 1. The van der Waals surface area contributed by atoms with Crippen LogP contribution in [0, 0.1) is 5.92 Å². The first kappa shape index (κ1) is 19.9. The molecule has 0 saturated carbocycles. The average Bonchev–Trinajstić information content (AvgIpc) is 2.80. The number of ether oxygens (including phenoxy) is 1. The summed E-state index contributed by atoms with van der Waals surface area (Å²) in [6, 6.07) is 17.6. The first-order chi connectivity index (χ1) is 14.7. The van der Waals surface area contributed by atoms with Gasteiger partial charge in [-0.3, -0.25) is 4.79 Å². The van der Waals surface area contributed by atoms with E-state index in [0.29, 0.717) is 24.0 Å². The summed E-state index contributed by atoms with van der Waals surface area (Å²) < 4.78 is 5.96. The van der Waals surface area contributed by atoms with Gasteiger partial charge in [0.1, 0.15) is 5.75 Å². The van der Waals surface area contributed by atoms with Gasteiger partial charge in [0.15, 0.2) is 5.82 Å². The van der Waals surface area contributed by atoms with Crippen molar-refractivity contribution in [3.8, 4) is 11.6 Å². The zero-order chi connectivity index (χ0) is 20.8. The minimum Gasteiger partial charge on any atom is -0.436 e. The summed E-state index contributed by atoms with van der Waals surface area (Å²) in [6.07, 6.45) is 5.99. The Hall–Kier alpha value is -3.41.